The van der Waals surface area contributed by atoms with E-state index in [0.717, 1.165) is 37.9 Å². The number of aryl methyl sites for hydroxylation is 1. The fourth-order valence-electron chi connectivity index (χ4n) is 2.30. The molecule has 0 aromatic carbocycles. The van der Waals surface area contributed by atoms with E-state index in [2.05, 4.69) is 17.2 Å². The van der Waals surface area contributed by atoms with Crippen LogP contribution in [0.3, 0.4) is 0 Å². The van der Waals surface area contributed by atoms with Crippen LogP contribution in [0, 0.1) is 0 Å². The van der Waals surface area contributed by atoms with Crippen molar-refractivity contribution in [3.63, 3.8) is 0 Å². The maximum Gasteiger partial charge on any atom is 0.137 e. The summed E-state index contributed by atoms with van der Waals surface area (Å²) in [6.07, 6.45) is 3.77. The Morgan fingerprint density at radius 2 is 2.31 bits per heavy atom. The Kier molecular flexibility index (Phi) is 2.69. The minimum absolute atomic E-state index is 0.117. The Hall–Kier alpha value is -0.870. The summed E-state index contributed by atoms with van der Waals surface area (Å²) in [5.41, 5.74) is 2.61. The molecule has 1 aliphatic carbocycles. The lowest BCUT2D eigenvalue weighted by atomic mass is 10.2. The van der Waals surface area contributed by atoms with E-state index < -0.39 is 0 Å². The van der Waals surface area contributed by atoms with Crippen LogP contribution in [-0.2, 0) is 11.2 Å². The van der Waals surface area contributed by atoms with Gasteiger partial charge in [0, 0.05) is 24.7 Å². The van der Waals surface area contributed by atoms with E-state index in [1.165, 1.54) is 24.2 Å². The molecule has 0 spiro atoms. The highest BCUT2D eigenvalue weighted by Crippen LogP contribution is 2.41. The molecule has 2 N–H and O–H groups in total. The van der Waals surface area contributed by atoms with Crippen LogP contribution in [0.4, 0.5) is 0 Å². The predicted octanol–water partition coefficient (Wildman–Crippen LogP) is 1.51. The quantitative estimate of drug-likeness (QED) is 0.813. The molecule has 0 radical (unpaired) electrons. The molecular weight excluding hydrogens is 202 g/mol. The second-order valence-corrected chi connectivity index (χ2v) is 4.68. The molecule has 2 fully saturated rings. The number of nitrogens with one attached hydrogen (secondary N) is 2. The topological polar surface area (TPSA) is 49.9 Å². The number of aromatic nitrogens is 2. The van der Waals surface area contributed by atoms with Gasteiger partial charge < -0.3 is 15.0 Å². The third kappa shape index (κ3) is 1.87. The second-order valence-electron chi connectivity index (χ2n) is 4.68. The first-order valence-corrected chi connectivity index (χ1v) is 6.29. The number of morpholine rings is 1. The Balaban J connectivity index is 1.83. The summed E-state index contributed by atoms with van der Waals surface area (Å²) in [4.78, 5) is 8.19. The van der Waals surface area contributed by atoms with Gasteiger partial charge in [-0.3, -0.25) is 0 Å². The molecule has 1 unspecified atom stereocenters. The maximum absolute atomic E-state index is 5.72. The van der Waals surface area contributed by atoms with Gasteiger partial charge >= 0.3 is 0 Å². The summed E-state index contributed by atoms with van der Waals surface area (Å²) in [5.74, 6) is 1.74. The lowest BCUT2D eigenvalue weighted by Crippen LogP contribution is -2.33. The smallest absolute Gasteiger partial charge is 0.137 e. The van der Waals surface area contributed by atoms with E-state index >= 15 is 0 Å². The zero-order chi connectivity index (χ0) is 11.0. The Morgan fingerprint density at radius 1 is 1.44 bits per heavy atom. The van der Waals surface area contributed by atoms with E-state index in [1.54, 1.807) is 0 Å². The third-order valence-electron chi connectivity index (χ3n) is 3.38. The van der Waals surface area contributed by atoms with Crippen molar-refractivity contribution >= 4 is 0 Å². The molecule has 4 heteroatoms. The van der Waals surface area contributed by atoms with Crippen molar-refractivity contribution in [1.82, 2.24) is 15.3 Å². The van der Waals surface area contributed by atoms with Gasteiger partial charge in [0.15, 0.2) is 0 Å². The average Bonchev–Trinajstić information content (AvgIpc) is 3.10. The number of imidazole rings is 1. The third-order valence-corrected chi connectivity index (χ3v) is 3.38. The van der Waals surface area contributed by atoms with Crippen LogP contribution in [0.2, 0.25) is 0 Å². The van der Waals surface area contributed by atoms with Crippen molar-refractivity contribution in [2.45, 2.75) is 38.2 Å². The Morgan fingerprint density at radius 3 is 2.94 bits per heavy atom. The zero-order valence-electron chi connectivity index (χ0n) is 9.75. The summed E-state index contributed by atoms with van der Waals surface area (Å²) < 4.78 is 5.72. The van der Waals surface area contributed by atoms with Gasteiger partial charge in [-0.05, 0) is 19.3 Å². The lowest BCUT2D eigenvalue weighted by Gasteiger charge is -2.21. The van der Waals surface area contributed by atoms with E-state index in [-0.39, 0.29) is 6.10 Å². The molecule has 4 nitrogen and oxygen atoms in total. The number of nitrogens with zero attached hydrogens (tertiary/aromatic N) is 1. The molecule has 0 amide bonds. The van der Waals surface area contributed by atoms with Gasteiger partial charge in [-0.1, -0.05) is 6.92 Å². The van der Waals surface area contributed by atoms with Crippen LogP contribution < -0.4 is 5.32 Å². The van der Waals surface area contributed by atoms with Crippen LogP contribution in [-0.4, -0.2) is 29.7 Å². The lowest BCUT2D eigenvalue weighted by molar-refractivity contribution is 0.0225. The molecule has 2 heterocycles. The van der Waals surface area contributed by atoms with Crippen molar-refractivity contribution in [3.8, 4) is 0 Å². The molecule has 1 saturated heterocycles. The van der Waals surface area contributed by atoms with Gasteiger partial charge in [-0.15, -0.1) is 0 Å². The van der Waals surface area contributed by atoms with Gasteiger partial charge in [0.1, 0.15) is 11.9 Å². The zero-order valence-corrected chi connectivity index (χ0v) is 9.75. The maximum atomic E-state index is 5.72. The molecule has 1 aliphatic heterocycles. The minimum Gasteiger partial charge on any atom is -0.368 e. The number of ether oxygens (including phenoxy) is 1. The Labute approximate surface area is 95.8 Å². The number of rotatable bonds is 3. The van der Waals surface area contributed by atoms with E-state index in [9.17, 15) is 0 Å². The highest BCUT2D eigenvalue weighted by atomic mass is 16.5. The Bertz CT molecular complexity index is 364. The SMILES string of the molecule is CCc1[nH]c(C2CNCCO2)nc1C1CC1. The molecule has 2 aliphatic rings. The van der Waals surface area contributed by atoms with Crippen LogP contribution in [0.1, 0.15) is 49.0 Å². The van der Waals surface area contributed by atoms with Gasteiger partial charge in [0.2, 0.25) is 0 Å². The van der Waals surface area contributed by atoms with Crippen molar-refractivity contribution in [2.75, 3.05) is 19.7 Å². The van der Waals surface area contributed by atoms with Crippen LogP contribution >= 0.6 is 0 Å². The van der Waals surface area contributed by atoms with Crippen molar-refractivity contribution in [2.24, 2.45) is 0 Å². The first-order chi connectivity index (χ1) is 7.88. The first kappa shape index (κ1) is 10.3. The normalized spacial score (nSPS) is 25.9. The predicted molar refractivity (Wildman–Crippen MR) is 61.5 cm³/mol. The molecule has 1 saturated carbocycles. The summed E-state index contributed by atoms with van der Waals surface area (Å²) in [6, 6.07) is 0. The van der Waals surface area contributed by atoms with Crippen LogP contribution in [0.25, 0.3) is 0 Å². The summed E-state index contributed by atoms with van der Waals surface area (Å²) in [5, 5.41) is 3.34. The molecular formula is C12H19N3O. The van der Waals surface area contributed by atoms with E-state index in [0.29, 0.717) is 0 Å². The summed E-state index contributed by atoms with van der Waals surface area (Å²) >= 11 is 0. The number of aromatic amines is 1. The molecule has 3 rings (SSSR count). The highest BCUT2D eigenvalue weighted by molar-refractivity contribution is 5.24. The van der Waals surface area contributed by atoms with Crippen molar-refractivity contribution in [3.05, 3.63) is 17.2 Å². The van der Waals surface area contributed by atoms with Crippen LogP contribution in [0.5, 0.6) is 0 Å². The molecule has 16 heavy (non-hydrogen) atoms. The first-order valence-electron chi connectivity index (χ1n) is 6.29. The van der Waals surface area contributed by atoms with Gasteiger partial charge in [0.05, 0.1) is 12.3 Å². The minimum atomic E-state index is 0.117. The summed E-state index contributed by atoms with van der Waals surface area (Å²) in [6.45, 7) is 4.79. The monoisotopic (exact) mass is 221 g/mol. The number of hydrogen-bond acceptors (Lipinski definition) is 3. The summed E-state index contributed by atoms with van der Waals surface area (Å²) in [7, 11) is 0. The van der Waals surface area contributed by atoms with E-state index in [1.807, 2.05) is 0 Å². The molecule has 88 valence electrons. The van der Waals surface area contributed by atoms with Crippen molar-refractivity contribution in [1.29, 1.82) is 0 Å². The van der Waals surface area contributed by atoms with E-state index in [4.69, 9.17) is 9.72 Å². The molecule has 1 aromatic rings. The number of H-pyrrole nitrogens is 1. The average molecular weight is 221 g/mol. The van der Waals surface area contributed by atoms with Gasteiger partial charge in [0.25, 0.3) is 0 Å². The highest BCUT2D eigenvalue weighted by Gasteiger charge is 2.30. The molecule has 1 atom stereocenters. The number of hydrogen-bond donors (Lipinski definition) is 2. The molecule has 0 bridgehead atoms. The second kappa shape index (κ2) is 4.18. The standard InChI is InChI=1S/C12H19N3O/c1-2-9-11(8-3-4-8)15-12(14-9)10-7-13-5-6-16-10/h8,10,13H,2-7H2,1H3,(H,14,15). The largest absolute Gasteiger partial charge is 0.368 e. The van der Waals surface area contributed by atoms with Gasteiger partial charge in [-0.2, -0.15) is 0 Å². The fourth-order valence-corrected chi connectivity index (χ4v) is 2.30. The fraction of sp³-hybridized carbons (Fsp3) is 0.750. The van der Waals surface area contributed by atoms with Crippen LogP contribution in [0.15, 0.2) is 0 Å². The molecule has 1 aromatic heterocycles. The van der Waals surface area contributed by atoms with Crippen molar-refractivity contribution < 1.29 is 4.74 Å². The van der Waals surface area contributed by atoms with Gasteiger partial charge in [-0.25, -0.2) is 4.98 Å².